The summed E-state index contributed by atoms with van der Waals surface area (Å²) in [7, 11) is 0. The van der Waals surface area contributed by atoms with Gasteiger partial charge in [0, 0.05) is 0 Å². The molecular formula is C7H2ClF4I. The maximum Gasteiger partial charge on any atom is 0.417 e. The highest BCUT2D eigenvalue weighted by molar-refractivity contribution is 14.1. The Labute approximate surface area is 90.0 Å². The molecule has 0 N–H and O–H groups in total. The van der Waals surface area contributed by atoms with Crippen molar-refractivity contribution in [3.63, 3.8) is 0 Å². The molecule has 0 saturated heterocycles. The molecule has 13 heavy (non-hydrogen) atoms. The van der Waals surface area contributed by atoms with Crippen molar-refractivity contribution < 1.29 is 17.6 Å². The van der Waals surface area contributed by atoms with Gasteiger partial charge in [0.2, 0.25) is 0 Å². The zero-order valence-electron chi connectivity index (χ0n) is 5.92. The van der Waals surface area contributed by atoms with Gasteiger partial charge in [0.1, 0.15) is 0 Å². The van der Waals surface area contributed by atoms with Gasteiger partial charge in [-0.1, -0.05) is 11.6 Å². The van der Waals surface area contributed by atoms with Crippen LogP contribution in [0.1, 0.15) is 5.56 Å². The minimum Gasteiger partial charge on any atom is -0.204 e. The van der Waals surface area contributed by atoms with Crippen LogP contribution < -0.4 is 0 Å². The zero-order valence-corrected chi connectivity index (χ0v) is 8.84. The Kier molecular flexibility index (Phi) is 3.06. The minimum atomic E-state index is -4.54. The molecule has 0 unspecified atom stereocenters. The Hall–Kier alpha value is -0.0400. The summed E-state index contributed by atoms with van der Waals surface area (Å²) in [5, 5.41) is -0.308. The molecule has 1 aromatic carbocycles. The van der Waals surface area contributed by atoms with Crippen LogP contribution in [0.3, 0.4) is 0 Å². The molecule has 6 heteroatoms. The monoisotopic (exact) mass is 324 g/mol. The summed E-state index contributed by atoms with van der Waals surface area (Å²) in [6, 6.07) is 1.65. The highest BCUT2D eigenvalue weighted by Crippen LogP contribution is 2.35. The van der Waals surface area contributed by atoms with Crippen molar-refractivity contribution in [3.8, 4) is 0 Å². The molecule has 0 heterocycles. The minimum absolute atomic E-state index is 0.308. The average Bonchev–Trinajstić information content (AvgIpc) is 1.98. The Morgan fingerprint density at radius 2 is 1.77 bits per heavy atom. The lowest BCUT2D eigenvalue weighted by molar-refractivity contribution is -0.138. The van der Waals surface area contributed by atoms with Gasteiger partial charge < -0.3 is 0 Å². The van der Waals surface area contributed by atoms with Crippen molar-refractivity contribution >= 4 is 34.2 Å². The van der Waals surface area contributed by atoms with E-state index in [0.717, 1.165) is 12.1 Å². The van der Waals surface area contributed by atoms with Gasteiger partial charge in [-0.05, 0) is 34.7 Å². The van der Waals surface area contributed by atoms with E-state index in [1.807, 2.05) is 0 Å². The predicted octanol–water partition coefficient (Wildman–Crippen LogP) is 4.10. The first kappa shape index (κ1) is 11.0. The fourth-order valence-corrected chi connectivity index (χ4v) is 1.84. The largest absolute Gasteiger partial charge is 0.417 e. The smallest absolute Gasteiger partial charge is 0.204 e. The second-order valence-corrected chi connectivity index (χ2v) is 3.71. The van der Waals surface area contributed by atoms with Gasteiger partial charge in [-0.2, -0.15) is 13.2 Å². The van der Waals surface area contributed by atoms with Crippen molar-refractivity contribution in [2.75, 3.05) is 0 Å². The maximum atomic E-state index is 12.9. The van der Waals surface area contributed by atoms with Crippen LogP contribution in [0.2, 0.25) is 5.02 Å². The van der Waals surface area contributed by atoms with Gasteiger partial charge in [0.05, 0.1) is 14.2 Å². The molecule has 0 aliphatic heterocycles. The first-order chi connectivity index (χ1) is 5.84. The van der Waals surface area contributed by atoms with Crippen molar-refractivity contribution in [2.45, 2.75) is 6.18 Å². The summed E-state index contributed by atoms with van der Waals surface area (Å²) in [4.78, 5) is 0. The van der Waals surface area contributed by atoms with Crippen LogP contribution in [0.15, 0.2) is 12.1 Å². The topological polar surface area (TPSA) is 0 Å². The predicted molar refractivity (Wildman–Crippen MR) is 49.1 cm³/mol. The fraction of sp³-hybridized carbons (Fsp3) is 0.143. The van der Waals surface area contributed by atoms with Crippen LogP contribution in [-0.2, 0) is 6.18 Å². The van der Waals surface area contributed by atoms with Crippen LogP contribution in [0.25, 0.3) is 0 Å². The van der Waals surface area contributed by atoms with E-state index in [1.54, 1.807) is 0 Å². The van der Waals surface area contributed by atoms with E-state index in [4.69, 9.17) is 11.6 Å². The second-order valence-electron chi connectivity index (χ2n) is 2.22. The number of halogens is 6. The van der Waals surface area contributed by atoms with Crippen LogP contribution in [0, 0.1) is 9.39 Å². The number of rotatable bonds is 0. The Morgan fingerprint density at radius 3 is 2.23 bits per heavy atom. The summed E-state index contributed by atoms with van der Waals surface area (Å²) in [6.07, 6.45) is -4.54. The molecule has 0 aromatic heterocycles. The third kappa shape index (κ3) is 2.25. The Bertz CT molecular complexity index is 334. The molecule has 1 rings (SSSR count). The van der Waals surface area contributed by atoms with Crippen molar-refractivity contribution in [1.29, 1.82) is 0 Å². The van der Waals surface area contributed by atoms with Gasteiger partial charge in [-0.15, -0.1) is 0 Å². The second kappa shape index (κ2) is 3.61. The van der Waals surface area contributed by atoms with Crippen LogP contribution >= 0.6 is 34.2 Å². The van der Waals surface area contributed by atoms with Crippen molar-refractivity contribution in [1.82, 2.24) is 0 Å². The van der Waals surface area contributed by atoms with E-state index in [-0.39, 0.29) is 5.02 Å². The molecule has 0 bridgehead atoms. The Balaban J connectivity index is 3.35. The molecule has 0 radical (unpaired) electrons. The van der Waals surface area contributed by atoms with E-state index < -0.39 is 21.1 Å². The molecule has 0 atom stereocenters. The molecule has 0 spiro atoms. The molecule has 0 aliphatic rings. The number of hydrogen-bond donors (Lipinski definition) is 0. The lowest BCUT2D eigenvalue weighted by atomic mass is 10.2. The highest BCUT2D eigenvalue weighted by atomic mass is 127. The summed E-state index contributed by atoms with van der Waals surface area (Å²) in [5.41, 5.74) is -1.00. The molecule has 0 amide bonds. The standard InChI is InChI=1S/C7H2ClF4I/c8-4-2-1-3(7(10,11)12)6(13)5(4)9/h1-2H. The number of alkyl halides is 3. The third-order valence-corrected chi connectivity index (χ3v) is 2.69. The van der Waals surface area contributed by atoms with Gasteiger partial charge >= 0.3 is 6.18 Å². The van der Waals surface area contributed by atoms with E-state index in [1.165, 1.54) is 22.6 Å². The highest BCUT2D eigenvalue weighted by Gasteiger charge is 2.34. The van der Waals surface area contributed by atoms with Gasteiger partial charge in [-0.25, -0.2) is 4.39 Å². The third-order valence-electron chi connectivity index (χ3n) is 1.34. The SMILES string of the molecule is Fc1c(Cl)ccc(C(F)(F)F)c1I. The fourth-order valence-electron chi connectivity index (χ4n) is 0.745. The quantitative estimate of drug-likeness (QED) is 0.383. The molecular weight excluding hydrogens is 322 g/mol. The Morgan fingerprint density at radius 1 is 1.23 bits per heavy atom. The summed E-state index contributed by atoms with van der Waals surface area (Å²) < 4.78 is 48.8. The molecule has 0 fully saturated rings. The number of hydrogen-bond acceptors (Lipinski definition) is 0. The molecule has 0 aliphatic carbocycles. The normalized spacial score (nSPS) is 11.8. The average molecular weight is 324 g/mol. The van der Waals surface area contributed by atoms with Crippen LogP contribution in [-0.4, -0.2) is 0 Å². The molecule has 72 valence electrons. The van der Waals surface area contributed by atoms with Crippen molar-refractivity contribution in [2.24, 2.45) is 0 Å². The van der Waals surface area contributed by atoms with E-state index in [0.29, 0.717) is 0 Å². The molecule has 0 saturated carbocycles. The van der Waals surface area contributed by atoms with Crippen molar-refractivity contribution in [3.05, 3.63) is 32.1 Å². The molecule has 1 aromatic rings. The summed E-state index contributed by atoms with van der Waals surface area (Å²) >= 11 is 6.57. The first-order valence-corrected chi connectivity index (χ1v) is 4.50. The van der Waals surface area contributed by atoms with Crippen LogP contribution in [0.4, 0.5) is 17.6 Å². The maximum absolute atomic E-state index is 12.9. The van der Waals surface area contributed by atoms with E-state index in [2.05, 4.69) is 0 Å². The summed E-state index contributed by atoms with van der Waals surface area (Å²) in [6.45, 7) is 0. The van der Waals surface area contributed by atoms with Crippen LogP contribution in [0.5, 0.6) is 0 Å². The number of benzene rings is 1. The summed E-state index contributed by atoms with van der Waals surface area (Å²) in [5.74, 6) is -1.03. The lowest BCUT2D eigenvalue weighted by Gasteiger charge is -2.09. The van der Waals surface area contributed by atoms with Gasteiger partial charge in [0.15, 0.2) is 5.82 Å². The zero-order chi connectivity index (χ0) is 10.2. The van der Waals surface area contributed by atoms with E-state index >= 15 is 0 Å². The van der Waals surface area contributed by atoms with E-state index in [9.17, 15) is 17.6 Å². The molecule has 0 nitrogen and oxygen atoms in total. The first-order valence-electron chi connectivity index (χ1n) is 3.04. The van der Waals surface area contributed by atoms with Gasteiger partial charge in [-0.3, -0.25) is 0 Å². The van der Waals surface area contributed by atoms with Gasteiger partial charge in [0.25, 0.3) is 0 Å². The lowest BCUT2D eigenvalue weighted by Crippen LogP contribution is -2.08.